The monoisotopic (exact) mass is 319 g/mol. The van der Waals surface area contributed by atoms with Gasteiger partial charge in [0.05, 0.1) is 16.4 Å². The summed E-state index contributed by atoms with van der Waals surface area (Å²) in [6, 6.07) is 1.68. The van der Waals surface area contributed by atoms with Crippen LogP contribution >= 0.6 is 34.5 Å². The Kier molecular flexibility index (Phi) is 4.93. The highest BCUT2D eigenvalue weighted by Gasteiger charge is 2.35. The number of carbonyl (C=O) groups is 1. The van der Waals surface area contributed by atoms with Gasteiger partial charge in [-0.25, -0.2) is 0 Å². The molecule has 0 atom stereocenters. The molecule has 5 heteroatoms. The van der Waals surface area contributed by atoms with Crippen LogP contribution in [0.3, 0.4) is 0 Å². The molecular weight excluding hydrogens is 301 g/mol. The van der Waals surface area contributed by atoms with Crippen molar-refractivity contribution in [3.63, 3.8) is 0 Å². The summed E-state index contributed by atoms with van der Waals surface area (Å²) in [5, 5.41) is 0. The molecule has 0 aliphatic carbocycles. The maximum atomic E-state index is 12.2. The van der Waals surface area contributed by atoms with Crippen LogP contribution in [0.2, 0.25) is 8.67 Å². The molecule has 0 aromatic carbocycles. The van der Waals surface area contributed by atoms with Gasteiger partial charge >= 0.3 is 0 Å². The summed E-state index contributed by atoms with van der Waals surface area (Å²) in [5.41, 5.74) is 0.971. The Labute approximate surface area is 128 Å². The highest BCUT2D eigenvalue weighted by molar-refractivity contribution is 7.20. The summed E-state index contributed by atoms with van der Waals surface area (Å²) in [6.07, 6.45) is 3.55. The van der Waals surface area contributed by atoms with E-state index in [0.29, 0.717) is 26.2 Å². The van der Waals surface area contributed by atoms with Gasteiger partial charge in [0, 0.05) is 6.54 Å². The van der Waals surface area contributed by atoms with Crippen molar-refractivity contribution < 1.29 is 4.79 Å². The van der Waals surface area contributed by atoms with E-state index in [-0.39, 0.29) is 5.78 Å². The molecule has 0 amide bonds. The van der Waals surface area contributed by atoms with Gasteiger partial charge in [-0.3, -0.25) is 9.69 Å². The molecule has 1 aromatic heterocycles. The predicted octanol–water partition coefficient (Wildman–Crippen LogP) is 4.75. The summed E-state index contributed by atoms with van der Waals surface area (Å²) >= 11 is 13.2. The zero-order valence-corrected chi connectivity index (χ0v) is 13.7. The molecule has 0 saturated carbocycles. The minimum atomic E-state index is 0.0798. The fourth-order valence-electron chi connectivity index (χ4n) is 2.81. The number of Topliss-reactive ketones (excluding diaryl/α,β-unsaturated/α-hetero) is 1. The molecule has 0 unspecified atom stereocenters. The smallest absolute Gasteiger partial charge is 0.179 e. The molecule has 2 rings (SSSR count). The van der Waals surface area contributed by atoms with E-state index in [1.54, 1.807) is 6.07 Å². The van der Waals surface area contributed by atoms with Gasteiger partial charge in [0.25, 0.3) is 0 Å². The first-order chi connectivity index (χ1) is 8.99. The van der Waals surface area contributed by atoms with E-state index in [1.165, 1.54) is 30.6 Å². The second kappa shape index (κ2) is 6.13. The first-order valence-electron chi connectivity index (χ1n) is 6.70. The van der Waals surface area contributed by atoms with Crippen molar-refractivity contribution >= 4 is 40.3 Å². The summed E-state index contributed by atoms with van der Waals surface area (Å²) in [7, 11) is 0. The number of carbonyl (C=O) groups excluding carboxylic acids is 1. The van der Waals surface area contributed by atoms with Crippen LogP contribution in [0.5, 0.6) is 0 Å². The van der Waals surface area contributed by atoms with Crippen molar-refractivity contribution in [2.75, 3.05) is 19.6 Å². The van der Waals surface area contributed by atoms with Crippen LogP contribution in [-0.2, 0) is 0 Å². The number of thiophene rings is 1. The van der Waals surface area contributed by atoms with Gasteiger partial charge in [-0.1, -0.05) is 37.0 Å². The standard InChI is InChI=1S/C14H19Cl2NOS/c1-3-14(4-2)5-6-17(9-14)8-11(18)10-7-12(15)19-13(10)16/h7H,3-6,8-9H2,1-2H3. The molecule has 1 aliphatic heterocycles. The largest absolute Gasteiger partial charge is 0.295 e. The van der Waals surface area contributed by atoms with Gasteiger partial charge in [-0.05, 0) is 37.3 Å². The predicted molar refractivity (Wildman–Crippen MR) is 82.7 cm³/mol. The van der Waals surface area contributed by atoms with Gasteiger partial charge in [0.1, 0.15) is 4.34 Å². The Morgan fingerprint density at radius 3 is 2.58 bits per heavy atom. The van der Waals surface area contributed by atoms with E-state index in [2.05, 4.69) is 18.7 Å². The number of rotatable bonds is 5. The Balaban J connectivity index is 2.00. The van der Waals surface area contributed by atoms with Crippen LogP contribution in [0.1, 0.15) is 43.5 Å². The molecule has 0 radical (unpaired) electrons. The Hall–Kier alpha value is -0.0900. The number of nitrogens with zero attached hydrogens (tertiary/aromatic N) is 1. The van der Waals surface area contributed by atoms with E-state index in [0.717, 1.165) is 13.1 Å². The van der Waals surface area contributed by atoms with Crippen LogP contribution in [0, 0.1) is 5.41 Å². The SMILES string of the molecule is CCC1(CC)CCN(CC(=O)c2cc(Cl)sc2Cl)C1. The zero-order valence-electron chi connectivity index (χ0n) is 11.3. The van der Waals surface area contributed by atoms with E-state index in [9.17, 15) is 4.79 Å². The minimum absolute atomic E-state index is 0.0798. The van der Waals surface area contributed by atoms with E-state index in [1.807, 2.05) is 0 Å². The van der Waals surface area contributed by atoms with Crippen LogP contribution in [0.25, 0.3) is 0 Å². The maximum absolute atomic E-state index is 12.2. The van der Waals surface area contributed by atoms with E-state index in [4.69, 9.17) is 23.2 Å². The highest BCUT2D eigenvalue weighted by atomic mass is 35.5. The molecule has 0 N–H and O–H groups in total. The number of hydrogen-bond donors (Lipinski definition) is 0. The lowest BCUT2D eigenvalue weighted by molar-refractivity contribution is 0.0937. The van der Waals surface area contributed by atoms with Crippen molar-refractivity contribution in [3.05, 3.63) is 20.3 Å². The molecular formula is C14H19Cl2NOS. The lowest BCUT2D eigenvalue weighted by Gasteiger charge is -2.26. The van der Waals surface area contributed by atoms with Gasteiger partial charge in [-0.2, -0.15) is 0 Å². The quantitative estimate of drug-likeness (QED) is 0.730. The topological polar surface area (TPSA) is 20.3 Å². The van der Waals surface area contributed by atoms with E-state index >= 15 is 0 Å². The Morgan fingerprint density at radius 1 is 1.42 bits per heavy atom. The third kappa shape index (κ3) is 3.33. The third-order valence-electron chi connectivity index (χ3n) is 4.34. The van der Waals surface area contributed by atoms with Crippen molar-refractivity contribution in [2.45, 2.75) is 33.1 Å². The van der Waals surface area contributed by atoms with Crippen molar-refractivity contribution in [3.8, 4) is 0 Å². The molecule has 19 heavy (non-hydrogen) atoms. The molecule has 106 valence electrons. The molecule has 1 aromatic rings. The number of halogens is 2. The second-order valence-corrected chi connectivity index (χ2v) is 7.61. The Morgan fingerprint density at radius 2 is 2.11 bits per heavy atom. The fourth-order valence-corrected chi connectivity index (χ4v) is 4.31. The molecule has 2 nitrogen and oxygen atoms in total. The van der Waals surface area contributed by atoms with Crippen molar-refractivity contribution in [1.82, 2.24) is 4.90 Å². The average Bonchev–Trinajstić information content (AvgIpc) is 2.93. The fraction of sp³-hybridized carbons (Fsp3) is 0.643. The van der Waals surface area contributed by atoms with Crippen molar-refractivity contribution in [1.29, 1.82) is 0 Å². The molecule has 1 fully saturated rings. The summed E-state index contributed by atoms with van der Waals surface area (Å²) < 4.78 is 1.08. The van der Waals surface area contributed by atoms with Crippen LogP contribution in [0.4, 0.5) is 0 Å². The average molecular weight is 320 g/mol. The van der Waals surface area contributed by atoms with Gasteiger partial charge in [0.15, 0.2) is 5.78 Å². The molecule has 0 bridgehead atoms. The van der Waals surface area contributed by atoms with Crippen LogP contribution < -0.4 is 0 Å². The van der Waals surface area contributed by atoms with Crippen molar-refractivity contribution in [2.24, 2.45) is 5.41 Å². The normalized spacial score (nSPS) is 18.9. The molecule has 1 aliphatic rings. The van der Waals surface area contributed by atoms with Gasteiger partial charge in [0.2, 0.25) is 0 Å². The molecule has 2 heterocycles. The maximum Gasteiger partial charge on any atom is 0.179 e. The van der Waals surface area contributed by atoms with E-state index < -0.39 is 0 Å². The summed E-state index contributed by atoms with van der Waals surface area (Å²) in [4.78, 5) is 14.5. The number of ketones is 1. The van der Waals surface area contributed by atoms with Gasteiger partial charge < -0.3 is 0 Å². The lowest BCUT2D eigenvalue weighted by Crippen LogP contribution is -2.30. The number of hydrogen-bond acceptors (Lipinski definition) is 3. The highest BCUT2D eigenvalue weighted by Crippen LogP contribution is 2.37. The lowest BCUT2D eigenvalue weighted by atomic mass is 9.82. The van der Waals surface area contributed by atoms with Gasteiger partial charge in [-0.15, -0.1) is 11.3 Å². The minimum Gasteiger partial charge on any atom is -0.295 e. The Bertz CT molecular complexity index is 468. The third-order valence-corrected chi connectivity index (χ3v) is 5.83. The second-order valence-electron chi connectivity index (χ2n) is 5.33. The van der Waals surface area contributed by atoms with Crippen LogP contribution in [0.15, 0.2) is 6.07 Å². The first kappa shape index (κ1) is 15.3. The number of likely N-dealkylation sites (tertiary alicyclic amines) is 1. The summed E-state index contributed by atoms with van der Waals surface area (Å²) in [6.45, 7) is 6.95. The summed E-state index contributed by atoms with van der Waals surface area (Å²) in [5.74, 6) is 0.0798. The molecule has 1 saturated heterocycles. The van der Waals surface area contributed by atoms with Crippen LogP contribution in [-0.4, -0.2) is 30.3 Å². The zero-order chi connectivity index (χ0) is 14.0. The first-order valence-corrected chi connectivity index (χ1v) is 8.27. The molecule has 0 spiro atoms.